The zero-order valence-electron chi connectivity index (χ0n) is 15.5. The third-order valence-electron chi connectivity index (χ3n) is 5.00. The van der Waals surface area contributed by atoms with E-state index < -0.39 is 33.1 Å². The van der Waals surface area contributed by atoms with E-state index in [1.165, 1.54) is 17.2 Å². The second-order valence-electron chi connectivity index (χ2n) is 6.84. The smallest absolute Gasteiger partial charge is 0.379 e. The Morgan fingerprint density at radius 3 is 2.43 bits per heavy atom. The summed E-state index contributed by atoms with van der Waals surface area (Å²) in [5, 5.41) is 0.466. The van der Waals surface area contributed by atoms with Crippen molar-refractivity contribution < 1.29 is 31.2 Å². The highest BCUT2D eigenvalue weighted by molar-refractivity contribution is 7.90. The van der Waals surface area contributed by atoms with E-state index in [9.17, 15) is 21.6 Å². The van der Waals surface area contributed by atoms with E-state index in [1.807, 2.05) is 0 Å². The molecule has 0 amide bonds. The van der Waals surface area contributed by atoms with Crippen LogP contribution in [-0.2, 0) is 25.8 Å². The Morgan fingerprint density at radius 2 is 1.82 bits per heavy atom. The van der Waals surface area contributed by atoms with E-state index in [1.54, 1.807) is 7.05 Å². The summed E-state index contributed by atoms with van der Waals surface area (Å²) in [5.74, 6) is 0. The number of ether oxygens (including phenoxy) is 1. The van der Waals surface area contributed by atoms with Gasteiger partial charge in [0.05, 0.1) is 31.4 Å². The van der Waals surface area contributed by atoms with Gasteiger partial charge in [0, 0.05) is 33.2 Å². The number of nitrogens with one attached hydrogen (secondary N) is 1. The van der Waals surface area contributed by atoms with Gasteiger partial charge in [-0.25, -0.2) is 13.1 Å². The van der Waals surface area contributed by atoms with Crippen molar-refractivity contribution in [2.75, 3.05) is 53.0 Å². The van der Waals surface area contributed by atoms with Gasteiger partial charge >= 0.3 is 6.18 Å². The van der Waals surface area contributed by atoms with E-state index in [0.29, 0.717) is 25.3 Å². The molecular weight excluding hydrogens is 399 g/mol. The van der Waals surface area contributed by atoms with E-state index in [-0.39, 0.29) is 13.2 Å². The quantitative estimate of drug-likeness (QED) is 0.743. The maximum absolute atomic E-state index is 12.8. The van der Waals surface area contributed by atoms with Crippen LogP contribution in [0.3, 0.4) is 0 Å². The van der Waals surface area contributed by atoms with Crippen molar-refractivity contribution in [1.82, 2.24) is 14.7 Å². The number of hydrogen-bond acceptors (Lipinski definition) is 6. The molecule has 0 bridgehead atoms. The largest absolute Gasteiger partial charge is 0.416 e. The first-order valence-corrected chi connectivity index (χ1v) is 10.5. The number of halogens is 3. The number of sulfonamides is 1. The van der Waals surface area contributed by atoms with Crippen molar-refractivity contribution in [3.05, 3.63) is 35.4 Å². The summed E-state index contributed by atoms with van der Waals surface area (Å²) in [7, 11) is -2.15. The van der Waals surface area contributed by atoms with Gasteiger partial charge in [0.15, 0.2) is 0 Å². The van der Waals surface area contributed by atoms with Crippen LogP contribution in [-0.4, -0.2) is 76.7 Å². The first-order valence-electron chi connectivity index (χ1n) is 9.00. The second kappa shape index (κ2) is 8.64. The standard InChI is InChI=1S/C17H24F3N3O4S/c1-22-16(13-2-4-14(5-3-13)17(18,19)20)15(12-27-22)28(24,25)21-6-7-23-8-10-26-11-9-23/h2-5,15-16,21H,6-12H2,1H3. The molecule has 1 aromatic rings. The molecule has 2 aliphatic heterocycles. The van der Waals surface area contributed by atoms with Gasteiger partial charge in [-0.1, -0.05) is 12.1 Å². The van der Waals surface area contributed by atoms with Crippen molar-refractivity contribution in [3.63, 3.8) is 0 Å². The maximum Gasteiger partial charge on any atom is 0.416 e. The van der Waals surface area contributed by atoms with E-state index in [0.717, 1.165) is 25.2 Å². The Bertz CT molecular complexity index is 752. The van der Waals surface area contributed by atoms with Gasteiger partial charge in [0.25, 0.3) is 0 Å². The van der Waals surface area contributed by atoms with E-state index in [2.05, 4.69) is 9.62 Å². The van der Waals surface area contributed by atoms with Crippen LogP contribution in [0, 0.1) is 0 Å². The van der Waals surface area contributed by atoms with Gasteiger partial charge in [0.2, 0.25) is 10.0 Å². The van der Waals surface area contributed by atoms with Gasteiger partial charge in [-0.15, -0.1) is 0 Å². The summed E-state index contributed by atoms with van der Waals surface area (Å²) in [6.07, 6.45) is -4.44. The molecule has 158 valence electrons. The van der Waals surface area contributed by atoms with Crippen molar-refractivity contribution >= 4 is 10.0 Å². The predicted octanol–water partition coefficient (Wildman–Crippen LogP) is 1.24. The van der Waals surface area contributed by atoms with Crippen LogP contribution < -0.4 is 4.72 Å². The zero-order valence-corrected chi connectivity index (χ0v) is 16.3. The van der Waals surface area contributed by atoms with Crippen molar-refractivity contribution in [2.45, 2.75) is 17.5 Å². The number of alkyl halides is 3. The lowest BCUT2D eigenvalue weighted by molar-refractivity contribution is -0.137. The average molecular weight is 423 g/mol. The first-order chi connectivity index (χ1) is 13.2. The van der Waals surface area contributed by atoms with Crippen LogP contribution in [0.4, 0.5) is 13.2 Å². The normalized spacial score (nSPS) is 25.3. The number of hydroxylamine groups is 2. The Morgan fingerprint density at radius 1 is 1.18 bits per heavy atom. The second-order valence-corrected chi connectivity index (χ2v) is 8.82. The Labute approximate surface area is 162 Å². The molecule has 2 heterocycles. The predicted molar refractivity (Wildman–Crippen MR) is 95.9 cm³/mol. The molecule has 2 aliphatic rings. The number of nitrogens with zero attached hydrogens (tertiary/aromatic N) is 2. The molecule has 2 fully saturated rings. The van der Waals surface area contributed by atoms with Crippen LogP contribution in [0.15, 0.2) is 24.3 Å². The lowest BCUT2D eigenvalue weighted by Crippen LogP contribution is -2.44. The zero-order chi connectivity index (χ0) is 20.4. The maximum atomic E-state index is 12.8. The minimum atomic E-state index is -4.44. The lowest BCUT2D eigenvalue weighted by Gasteiger charge is -2.27. The molecule has 7 nitrogen and oxygen atoms in total. The Balaban J connectivity index is 1.67. The number of benzene rings is 1. The van der Waals surface area contributed by atoms with E-state index >= 15 is 0 Å². The van der Waals surface area contributed by atoms with Crippen LogP contribution in [0.25, 0.3) is 0 Å². The molecule has 0 aliphatic carbocycles. The fourth-order valence-corrected chi connectivity index (χ4v) is 4.93. The fourth-order valence-electron chi connectivity index (χ4n) is 3.43. The number of rotatable bonds is 6. The highest BCUT2D eigenvalue weighted by Crippen LogP contribution is 2.35. The molecule has 11 heteroatoms. The van der Waals surface area contributed by atoms with Gasteiger partial charge in [-0.3, -0.25) is 9.74 Å². The Hall–Kier alpha value is -1.24. The van der Waals surface area contributed by atoms with Gasteiger partial charge in [-0.05, 0) is 17.7 Å². The van der Waals surface area contributed by atoms with Crippen molar-refractivity contribution in [2.24, 2.45) is 0 Å². The van der Waals surface area contributed by atoms with Gasteiger partial charge < -0.3 is 4.74 Å². The average Bonchev–Trinajstić information content (AvgIpc) is 3.04. The molecule has 0 radical (unpaired) electrons. The molecule has 0 aromatic heterocycles. The summed E-state index contributed by atoms with van der Waals surface area (Å²) in [6, 6.07) is 3.82. The summed E-state index contributed by atoms with van der Waals surface area (Å²) >= 11 is 0. The van der Waals surface area contributed by atoms with Crippen LogP contribution in [0.1, 0.15) is 17.2 Å². The van der Waals surface area contributed by atoms with Crippen LogP contribution >= 0.6 is 0 Å². The van der Waals surface area contributed by atoms with Crippen molar-refractivity contribution in [3.8, 4) is 0 Å². The lowest BCUT2D eigenvalue weighted by atomic mass is 10.0. The van der Waals surface area contributed by atoms with Crippen LogP contribution in [0.5, 0.6) is 0 Å². The molecule has 1 N–H and O–H groups in total. The Kier molecular flexibility index (Phi) is 6.62. The molecule has 0 saturated carbocycles. The molecule has 0 spiro atoms. The molecular formula is C17H24F3N3O4S. The number of morpholine rings is 1. The first kappa shape index (κ1) is 21.5. The third-order valence-corrected chi connectivity index (χ3v) is 6.80. The minimum Gasteiger partial charge on any atom is -0.379 e. The minimum absolute atomic E-state index is 0.0604. The highest BCUT2D eigenvalue weighted by Gasteiger charge is 2.43. The number of hydrogen-bond donors (Lipinski definition) is 1. The molecule has 1 aromatic carbocycles. The summed E-state index contributed by atoms with van der Waals surface area (Å²) in [6.45, 7) is 3.53. The SMILES string of the molecule is CN1OCC(S(=O)(=O)NCCN2CCOCC2)C1c1ccc(C(F)(F)F)cc1. The molecule has 3 rings (SSSR count). The summed E-state index contributed by atoms with van der Waals surface area (Å²) in [5.41, 5.74) is -0.322. The monoisotopic (exact) mass is 423 g/mol. The van der Waals surface area contributed by atoms with E-state index in [4.69, 9.17) is 9.57 Å². The topological polar surface area (TPSA) is 71.1 Å². The molecule has 2 unspecified atom stereocenters. The van der Waals surface area contributed by atoms with Crippen molar-refractivity contribution in [1.29, 1.82) is 0 Å². The van der Waals surface area contributed by atoms with Gasteiger partial charge in [-0.2, -0.15) is 18.2 Å². The molecule has 2 atom stereocenters. The highest BCUT2D eigenvalue weighted by atomic mass is 32.2. The fraction of sp³-hybridized carbons (Fsp3) is 0.647. The van der Waals surface area contributed by atoms with Crippen LogP contribution in [0.2, 0.25) is 0 Å². The summed E-state index contributed by atoms with van der Waals surface area (Å²) in [4.78, 5) is 7.49. The third kappa shape index (κ3) is 5.02. The van der Waals surface area contributed by atoms with Gasteiger partial charge in [0.1, 0.15) is 5.25 Å². The molecule has 28 heavy (non-hydrogen) atoms. The summed E-state index contributed by atoms with van der Waals surface area (Å²) < 4.78 is 71.8. The molecule has 2 saturated heterocycles.